The van der Waals surface area contributed by atoms with E-state index in [2.05, 4.69) is 10.4 Å². The Hall–Kier alpha value is -4.76. The number of carbonyl (C=O) groups is 2. The van der Waals surface area contributed by atoms with Crippen LogP contribution in [-0.4, -0.2) is 35.4 Å². The van der Waals surface area contributed by atoms with Gasteiger partial charge in [0, 0.05) is 23.1 Å². The highest BCUT2D eigenvalue weighted by molar-refractivity contribution is 7.16. The minimum atomic E-state index is -0.654. The number of anilines is 1. The van der Waals surface area contributed by atoms with E-state index in [-0.39, 0.29) is 35.9 Å². The SMILES string of the molecule is CCOC(=O)c1nn(-c2ccc(OC)cc2)c(=O)c2c(NC(=O)CC(c3ccccc3)c3ccccc3)scc12. The maximum absolute atomic E-state index is 13.7. The fraction of sp³-hybridized carbons (Fsp3) is 0.161. The van der Waals surface area contributed by atoms with E-state index in [1.807, 2.05) is 60.7 Å². The van der Waals surface area contributed by atoms with Gasteiger partial charge in [-0.2, -0.15) is 9.78 Å². The van der Waals surface area contributed by atoms with Crippen LogP contribution in [0, 0.1) is 0 Å². The molecule has 0 saturated heterocycles. The predicted molar refractivity (Wildman–Crippen MR) is 156 cm³/mol. The van der Waals surface area contributed by atoms with Gasteiger partial charge < -0.3 is 14.8 Å². The highest BCUT2D eigenvalue weighted by atomic mass is 32.1. The Kier molecular flexibility index (Phi) is 8.02. The lowest BCUT2D eigenvalue weighted by atomic mass is 9.88. The van der Waals surface area contributed by atoms with E-state index in [1.165, 1.54) is 11.3 Å². The number of fused-ring (bicyclic) bond motifs is 1. The Morgan fingerprint density at radius 2 is 1.57 bits per heavy atom. The topological polar surface area (TPSA) is 99.5 Å². The Bertz CT molecular complexity index is 1660. The minimum Gasteiger partial charge on any atom is -0.497 e. The molecule has 0 fully saturated rings. The Morgan fingerprint density at radius 1 is 0.950 bits per heavy atom. The Balaban J connectivity index is 1.54. The summed E-state index contributed by atoms with van der Waals surface area (Å²) in [5.41, 5.74) is 1.99. The normalized spacial score (nSPS) is 11.0. The maximum Gasteiger partial charge on any atom is 0.359 e. The van der Waals surface area contributed by atoms with Crippen molar-refractivity contribution in [2.45, 2.75) is 19.3 Å². The number of ether oxygens (including phenoxy) is 2. The van der Waals surface area contributed by atoms with Gasteiger partial charge in [0.2, 0.25) is 5.91 Å². The van der Waals surface area contributed by atoms with Crippen LogP contribution in [0.5, 0.6) is 5.75 Å². The summed E-state index contributed by atoms with van der Waals surface area (Å²) >= 11 is 1.17. The van der Waals surface area contributed by atoms with E-state index in [0.717, 1.165) is 15.8 Å². The first kappa shape index (κ1) is 26.8. The van der Waals surface area contributed by atoms with Crippen molar-refractivity contribution >= 4 is 39.0 Å². The Morgan fingerprint density at radius 3 is 2.15 bits per heavy atom. The molecule has 40 heavy (non-hydrogen) atoms. The van der Waals surface area contributed by atoms with Crippen molar-refractivity contribution in [3.05, 3.63) is 117 Å². The highest BCUT2D eigenvalue weighted by Gasteiger charge is 2.24. The number of carbonyl (C=O) groups excluding carboxylic acids is 2. The smallest absolute Gasteiger partial charge is 0.359 e. The molecule has 0 saturated carbocycles. The van der Waals surface area contributed by atoms with Crippen molar-refractivity contribution < 1.29 is 19.1 Å². The molecule has 8 nitrogen and oxygen atoms in total. The molecule has 3 aromatic carbocycles. The second kappa shape index (κ2) is 12.0. The quantitative estimate of drug-likeness (QED) is 0.232. The average Bonchev–Trinajstić information content (AvgIpc) is 3.41. The van der Waals surface area contributed by atoms with E-state index in [1.54, 1.807) is 43.7 Å². The van der Waals surface area contributed by atoms with Gasteiger partial charge in [-0.15, -0.1) is 11.3 Å². The largest absolute Gasteiger partial charge is 0.497 e. The Labute approximate surface area is 234 Å². The molecule has 2 heterocycles. The molecule has 1 N–H and O–H groups in total. The molecule has 9 heteroatoms. The number of hydrogen-bond acceptors (Lipinski definition) is 7. The van der Waals surface area contributed by atoms with E-state index >= 15 is 0 Å². The summed E-state index contributed by atoms with van der Waals surface area (Å²) in [6.07, 6.45) is 0.163. The van der Waals surface area contributed by atoms with Gasteiger partial charge >= 0.3 is 5.97 Å². The number of nitrogens with one attached hydrogen (secondary N) is 1. The zero-order chi connectivity index (χ0) is 28.1. The van der Waals surface area contributed by atoms with E-state index in [9.17, 15) is 14.4 Å². The summed E-state index contributed by atoms with van der Waals surface area (Å²) < 4.78 is 11.6. The van der Waals surface area contributed by atoms with Crippen molar-refractivity contribution in [2.75, 3.05) is 19.0 Å². The lowest BCUT2D eigenvalue weighted by Gasteiger charge is -2.17. The van der Waals surface area contributed by atoms with Gasteiger partial charge in [-0.1, -0.05) is 60.7 Å². The maximum atomic E-state index is 13.7. The van der Waals surface area contributed by atoms with Crippen LogP contribution in [0.2, 0.25) is 0 Å². The molecule has 0 unspecified atom stereocenters. The van der Waals surface area contributed by atoms with Crippen LogP contribution in [0.3, 0.4) is 0 Å². The number of rotatable bonds is 9. The molecule has 0 spiro atoms. The third-order valence-corrected chi connectivity index (χ3v) is 7.38. The summed E-state index contributed by atoms with van der Waals surface area (Å²) in [6.45, 7) is 1.85. The van der Waals surface area contributed by atoms with E-state index < -0.39 is 11.5 Å². The molecule has 0 aliphatic heterocycles. The molecule has 1 amide bonds. The number of esters is 1. The van der Waals surface area contributed by atoms with Gasteiger partial charge in [-0.05, 0) is 42.3 Å². The lowest BCUT2D eigenvalue weighted by molar-refractivity contribution is -0.116. The number of aromatic nitrogens is 2. The molecule has 0 atom stereocenters. The van der Waals surface area contributed by atoms with Crippen LogP contribution in [0.1, 0.15) is 40.9 Å². The van der Waals surface area contributed by atoms with Crippen LogP contribution < -0.4 is 15.6 Å². The molecular formula is C31H27N3O5S. The van der Waals surface area contributed by atoms with Crippen molar-refractivity contribution in [2.24, 2.45) is 0 Å². The monoisotopic (exact) mass is 553 g/mol. The first-order chi connectivity index (χ1) is 19.5. The van der Waals surface area contributed by atoms with Crippen LogP contribution in [-0.2, 0) is 9.53 Å². The number of amides is 1. The van der Waals surface area contributed by atoms with Crippen LogP contribution in [0.15, 0.2) is 95.1 Å². The molecule has 0 aliphatic rings. The van der Waals surface area contributed by atoms with Gasteiger partial charge in [0.15, 0.2) is 5.69 Å². The molecule has 202 valence electrons. The first-order valence-corrected chi connectivity index (χ1v) is 13.6. The molecule has 2 aromatic heterocycles. The van der Waals surface area contributed by atoms with E-state index in [0.29, 0.717) is 21.8 Å². The molecular weight excluding hydrogens is 526 g/mol. The average molecular weight is 554 g/mol. The fourth-order valence-corrected chi connectivity index (χ4v) is 5.51. The molecule has 0 aliphatic carbocycles. The summed E-state index contributed by atoms with van der Waals surface area (Å²) in [5, 5.41) is 9.81. The third kappa shape index (κ3) is 5.50. The van der Waals surface area contributed by atoms with Crippen molar-refractivity contribution in [1.82, 2.24) is 9.78 Å². The molecule has 5 aromatic rings. The summed E-state index contributed by atoms with van der Waals surface area (Å²) in [4.78, 5) is 40.0. The predicted octanol–water partition coefficient (Wildman–Crippen LogP) is 5.79. The van der Waals surface area contributed by atoms with Crippen molar-refractivity contribution in [1.29, 1.82) is 0 Å². The van der Waals surface area contributed by atoms with Gasteiger partial charge in [0.25, 0.3) is 5.56 Å². The molecule has 5 rings (SSSR count). The zero-order valence-electron chi connectivity index (χ0n) is 22.0. The van der Waals surface area contributed by atoms with Gasteiger partial charge in [-0.3, -0.25) is 9.59 Å². The van der Waals surface area contributed by atoms with E-state index in [4.69, 9.17) is 9.47 Å². The van der Waals surface area contributed by atoms with Gasteiger partial charge in [0.05, 0.1) is 24.8 Å². The fourth-order valence-electron chi connectivity index (χ4n) is 4.55. The minimum absolute atomic E-state index is 0.00420. The molecule has 0 bridgehead atoms. The number of thiophene rings is 1. The second-order valence-corrected chi connectivity index (χ2v) is 9.84. The number of nitrogens with zero attached hydrogens (tertiary/aromatic N) is 2. The number of benzene rings is 3. The third-order valence-electron chi connectivity index (χ3n) is 6.48. The number of hydrogen-bond donors (Lipinski definition) is 1. The highest BCUT2D eigenvalue weighted by Crippen LogP contribution is 2.33. The van der Waals surface area contributed by atoms with Gasteiger partial charge in [-0.25, -0.2) is 4.79 Å². The summed E-state index contributed by atoms with van der Waals surface area (Å²) in [5.74, 6) is -0.482. The van der Waals surface area contributed by atoms with Crippen LogP contribution >= 0.6 is 11.3 Å². The first-order valence-electron chi connectivity index (χ1n) is 12.8. The van der Waals surface area contributed by atoms with Crippen LogP contribution in [0.25, 0.3) is 16.5 Å². The standard InChI is InChI=1S/C31H27N3O5S/c1-3-39-31(37)28-25-19-40-29(27(25)30(36)34(33-28)22-14-16-23(38-2)17-15-22)32-26(35)18-24(20-10-6-4-7-11-20)21-12-8-5-9-13-21/h4-17,19,24H,3,18H2,1-2H3,(H,32,35). The molecule has 0 radical (unpaired) electrons. The van der Waals surface area contributed by atoms with Crippen molar-refractivity contribution in [3.8, 4) is 11.4 Å². The second-order valence-electron chi connectivity index (χ2n) is 8.96. The number of methoxy groups -OCH3 is 1. The van der Waals surface area contributed by atoms with Crippen LogP contribution in [0.4, 0.5) is 5.00 Å². The summed E-state index contributed by atoms with van der Waals surface area (Å²) in [6, 6.07) is 26.4. The zero-order valence-corrected chi connectivity index (χ0v) is 22.8. The lowest BCUT2D eigenvalue weighted by Crippen LogP contribution is -2.25. The van der Waals surface area contributed by atoms with Crippen molar-refractivity contribution in [3.63, 3.8) is 0 Å². The summed E-state index contributed by atoms with van der Waals surface area (Å²) in [7, 11) is 1.55. The van der Waals surface area contributed by atoms with Gasteiger partial charge in [0.1, 0.15) is 10.8 Å².